The molecule has 3 rings (SSSR count). The second-order valence-corrected chi connectivity index (χ2v) is 8.09. The molecule has 2 heterocycles. The van der Waals surface area contributed by atoms with Crippen LogP contribution < -0.4 is 4.74 Å². The van der Waals surface area contributed by atoms with Crippen molar-refractivity contribution in [1.82, 2.24) is 9.47 Å². The van der Waals surface area contributed by atoms with Gasteiger partial charge in [0, 0.05) is 18.1 Å². The zero-order valence-electron chi connectivity index (χ0n) is 16.4. The number of fused-ring (bicyclic) bond motifs is 1. The van der Waals surface area contributed by atoms with Gasteiger partial charge in [-0.25, -0.2) is 4.79 Å². The summed E-state index contributed by atoms with van der Waals surface area (Å²) < 4.78 is 13.0. The Hall–Kier alpha value is -2.01. The first-order valence-corrected chi connectivity index (χ1v) is 9.54. The van der Waals surface area contributed by atoms with E-state index in [-0.39, 0.29) is 6.09 Å². The van der Waals surface area contributed by atoms with Gasteiger partial charge >= 0.3 is 6.09 Å². The van der Waals surface area contributed by atoms with Crippen LogP contribution in [0.15, 0.2) is 24.4 Å². The summed E-state index contributed by atoms with van der Waals surface area (Å²) in [6.45, 7) is 11.6. The largest absolute Gasteiger partial charge is 0.492 e. The number of likely N-dealkylation sites (tertiary alicyclic amines) is 1. The average molecular weight is 358 g/mol. The third kappa shape index (κ3) is 4.58. The maximum atomic E-state index is 12.4. The van der Waals surface area contributed by atoms with E-state index in [9.17, 15) is 4.79 Å². The van der Waals surface area contributed by atoms with E-state index < -0.39 is 5.60 Å². The van der Waals surface area contributed by atoms with Crippen LogP contribution in [0.2, 0.25) is 0 Å². The van der Waals surface area contributed by atoms with Gasteiger partial charge in [-0.1, -0.05) is 6.42 Å². The molecule has 0 bridgehead atoms. The number of piperidine rings is 1. The number of carbonyl (C=O) groups is 1. The summed E-state index contributed by atoms with van der Waals surface area (Å²) in [6.07, 6.45) is 5.42. The van der Waals surface area contributed by atoms with E-state index in [1.54, 1.807) is 4.57 Å². The van der Waals surface area contributed by atoms with E-state index in [1.807, 2.05) is 52.1 Å². The molecule has 2 aromatic rings. The molecule has 1 aromatic carbocycles. The fourth-order valence-corrected chi connectivity index (χ4v) is 3.40. The minimum Gasteiger partial charge on any atom is -0.492 e. The van der Waals surface area contributed by atoms with Crippen LogP contribution in [0.4, 0.5) is 4.79 Å². The molecule has 1 fully saturated rings. The average Bonchev–Trinajstić information content (AvgIpc) is 2.91. The first-order valence-electron chi connectivity index (χ1n) is 9.54. The molecule has 0 atom stereocenters. The number of nitrogens with zero attached hydrogens (tertiary/aromatic N) is 2. The van der Waals surface area contributed by atoms with E-state index in [2.05, 4.69) is 4.90 Å². The van der Waals surface area contributed by atoms with Crippen LogP contribution in [0.25, 0.3) is 10.9 Å². The lowest BCUT2D eigenvalue weighted by atomic mass is 10.1. The van der Waals surface area contributed by atoms with Crippen molar-refractivity contribution < 1.29 is 14.3 Å². The van der Waals surface area contributed by atoms with Crippen molar-refractivity contribution in [2.45, 2.75) is 52.6 Å². The molecule has 1 aliphatic heterocycles. The van der Waals surface area contributed by atoms with Crippen LogP contribution >= 0.6 is 0 Å². The summed E-state index contributed by atoms with van der Waals surface area (Å²) in [6, 6.07) is 5.88. The molecule has 0 aliphatic carbocycles. The summed E-state index contributed by atoms with van der Waals surface area (Å²) >= 11 is 0. The topological polar surface area (TPSA) is 43.7 Å². The Morgan fingerprint density at radius 2 is 1.88 bits per heavy atom. The van der Waals surface area contributed by atoms with Crippen molar-refractivity contribution in [3.63, 3.8) is 0 Å². The van der Waals surface area contributed by atoms with Crippen LogP contribution in [-0.2, 0) is 4.74 Å². The van der Waals surface area contributed by atoms with Gasteiger partial charge in [0.2, 0.25) is 0 Å². The first kappa shape index (κ1) is 18.8. The zero-order chi connectivity index (χ0) is 18.7. The standard InChI is InChI=1S/C21H30N2O3/c1-16-15-23(20(24)26-21(2,3)4)19-9-8-17(14-18(16)19)25-13-12-22-10-6-5-7-11-22/h8-9,14-15H,5-7,10-13H2,1-4H3. The van der Waals surface area contributed by atoms with Crippen molar-refractivity contribution in [3.8, 4) is 5.75 Å². The SMILES string of the molecule is Cc1cn(C(=O)OC(C)(C)C)c2ccc(OCCN3CCCCC3)cc12. The van der Waals surface area contributed by atoms with E-state index in [0.29, 0.717) is 6.61 Å². The highest BCUT2D eigenvalue weighted by atomic mass is 16.6. The van der Waals surface area contributed by atoms with E-state index >= 15 is 0 Å². The van der Waals surface area contributed by atoms with E-state index in [0.717, 1.165) is 28.8 Å². The van der Waals surface area contributed by atoms with Crippen molar-refractivity contribution >= 4 is 17.0 Å². The first-order chi connectivity index (χ1) is 12.3. The molecular formula is C21H30N2O3. The summed E-state index contributed by atoms with van der Waals surface area (Å²) in [4.78, 5) is 14.9. The molecule has 0 amide bonds. The Balaban J connectivity index is 1.68. The van der Waals surface area contributed by atoms with Crippen molar-refractivity contribution in [3.05, 3.63) is 30.0 Å². The third-order valence-corrected chi connectivity index (χ3v) is 4.69. The molecule has 26 heavy (non-hydrogen) atoms. The number of aryl methyl sites for hydroxylation is 1. The highest BCUT2D eigenvalue weighted by Crippen LogP contribution is 2.26. The lowest BCUT2D eigenvalue weighted by Gasteiger charge is -2.26. The lowest BCUT2D eigenvalue weighted by molar-refractivity contribution is 0.0544. The molecule has 0 unspecified atom stereocenters. The summed E-state index contributed by atoms with van der Waals surface area (Å²) in [5.41, 5.74) is 1.37. The monoisotopic (exact) mass is 358 g/mol. The molecule has 1 saturated heterocycles. The van der Waals surface area contributed by atoms with Crippen LogP contribution in [0, 0.1) is 6.92 Å². The maximum Gasteiger partial charge on any atom is 0.418 e. The van der Waals surface area contributed by atoms with Crippen LogP contribution in [0.3, 0.4) is 0 Å². The normalized spacial score (nSPS) is 16.0. The molecule has 142 valence electrons. The van der Waals surface area contributed by atoms with Crippen LogP contribution in [-0.4, -0.2) is 47.4 Å². The quantitative estimate of drug-likeness (QED) is 0.801. The Morgan fingerprint density at radius 1 is 1.15 bits per heavy atom. The number of rotatable bonds is 4. The third-order valence-electron chi connectivity index (χ3n) is 4.69. The smallest absolute Gasteiger partial charge is 0.418 e. The number of aromatic nitrogens is 1. The minimum absolute atomic E-state index is 0.352. The second-order valence-electron chi connectivity index (χ2n) is 8.09. The molecule has 1 aromatic heterocycles. The predicted molar refractivity (Wildman–Crippen MR) is 104 cm³/mol. The highest BCUT2D eigenvalue weighted by molar-refractivity contribution is 5.92. The van der Waals surface area contributed by atoms with E-state index in [4.69, 9.17) is 9.47 Å². The molecule has 5 nitrogen and oxygen atoms in total. The molecule has 0 saturated carbocycles. The van der Waals surface area contributed by atoms with Gasteiger partial charge in [0.15, 0.2) is 0 Å². The van der Waals surface area contributed by atoms with Gasteiger partial charge in [-0.2, -0.15) is 0 Å². The van der Waals surface area contributed by atoms with Gasteiger partial charge in [-0.05, 0) is 77.4 Å². The summed E-state index contributed by atoms with van der Waals surface area (Å²) in [5, 5.41) is 1.02. The van der Waals surface area contributed by atoms with Gasteiger partial charge in [0.05, 0.1) is 5.52 Å². The summed E-state index contributed by atoms with van der Waals surface area (Å²) in [5.74, 6) is 0.847. The molecule has 0 radical (unpaired) electrons. The van der Waals surface area contributed by atoms with Crippen molar-refractivity contribution in [2.24, 2.45) is 0 Å². The number of benzene rings is 1. The second kappa shape index (κ2) is 7.70. The predicted octanol–water partition coefficient (Wildman–Crippen LogP) is 4.60. The highest BCUT2D eigenvalue weighted by Gasteiger charge is 2.20. The van der Waals surface area contributed by atoms with Gasteiger partial charge in [-0.15, -0.1) is 0 Å². The van der Waals surface area contributed by atoms with Gasteiger partial charge < -0.3 is 9.47 Å². The van der Waals surface area contributed by atoms with E-state index in [1.165, 1.54) is 32.4 Å². The Bertz CT molecular complexity index is 767. The molecule has 5 heteroatoms. The van der Waals surface area contributed by atoms with Crippen LogP contribution in [0.1, 0.15) is 45.6 Å². The summed E-state index contributed by atoms with van der Waals surface area (Å²) in [7, 11) is 0. The van der Waals surface area contributed by atoms with Gasteiger partial charge in [-0.3, -0.25) is 9.47 Å². The Kier molecular flexibility index (Phi) is 5.56. The fraction of sp³-hybridized carbons (Fsp3) is 0.571. The molecular weight excluding hydrogens is 328 g/mol. The van der Waals surface area contributed by atoms with Crippen molar-refractivity contribution in [1.29, 1.82) is 0 Å². The van der Waals surface area contributed by atoms with Gasteiger partial charge in [0.1, 0.15) is 18.0 Å². The Labute approximate surface area is 155 Å². The van der Waals surface area contributed by atoms with Crippen LogP contribution in [0.5, 0.6) is 5.75 Å². The maximum absolute atomic E-state index is 12.4. The Morgan fingerprint density at radius 3 is 2.58 bits per heavy atom. The zero-order valence-corrected chi connectivity index (χ0v) is 16.4. The molecule has 1 aliphatic rings. The number of hydrogen-bond donors (Lipinski definition) is 0. The number of hydrogen-bond acceptors (Lipinski definition) is 4. The van der Waals surface area contributed by atoms with Crippen molar-refractivity contribution in [2.75, 3.05) is 26.2 Å². The molecule has 0 N–H and O–H groups in total. The lowest BCUT2D eigenvalue weighted by Crippen LogP contribution is -2.33. The molecule has 0 spiro atoms. The number of carbonyl (C=O) groups excluding carboxylic acids is 1. The minimum atomic E-state index is -0.515. The fourth-order valence-electron chi connectivity index (χ4n) is 3.40. The van der Waals surface area contributed by atoms with Gasteiger partial charge in [0.25, 0.3) is 0 Å². The number of ether oxygens (including phenoxy) is 2.